The van der Waals surface area contributed by atoms with Crippen molar-refractivity contribution in [2.45, 2.75) is 0 Å². The molecule has 0 aliphatic heterocycles. The monoisotopic (exact) mass is 243 g/mol. The molecule has 0 bridgehead atoms. The zero-order chi connectivity index (χ0) is 13.0. The van der Waals surface area contributed by atoms with Gasteiger partial charge in [-0.25, -0.2) is 9.48 Å². The van der Waals surface area contributed by atoms with Gasteiger partial charge in [-0.2, -0.15) is 5.10 Å². The minimum Gasteiger partial charge on any atom is -0.458 e. The lowest BCUT2D eigenvalue weighted by atomic mass is 10.3. The van der Waals surface area contributed by atoms with Gasteiger partial charge in [-0.15, -0.1) is 0 Å². The number of esters is 1. The first-order valence-corrected chi connectivity index (χ1v) is 5.41. The highest BCUT2D eigenvalue weighted by Gasteiger charge is 2.16. The van der Waals surface area contributed by atoms with E-state index in [9.17, 15) is 4.79 Å². The van der Waals surface area contributed by atoms with Crippen molar-refractivity contribution in [1.82, 2.24) is 9.78 Å². The Hall–Kier alpha value is -2.56. The maximum atomic E-state index is 11.7. The Kier molecular flexibility index (Phi) is 3.43. The van der Waals surface area contributed by atoms with Gasteiger partial charge in [0.1, 0.15) is 18.0 Å². The van der Waals surface area contributed by atoms with Crippen molar-refractivity contribution in [3.05, 3.63) is 54.7 Å². The number of nitrogen functional groups attached to an aromatic ring is 1. The zero-order valence-corrected chi connectivity index (χ0v) is 9.74. The molecule has 0 amide bonds. The van der Waals surface area contributed by atoms with E-state index in [0.717, 1.165) is 5.69 Å². The van der Waals surface area contributed by atoms with Crippen LogP contribution in [0.2, 0.25) is 0 Å². The summed E-state index contributed by atoms with van der Waals surface area (Å²) in [7, 11) is 0. The number of nitrogens with two attached hydrogens (primary N) is 1. The van der Waals surface area contributed by atoms with E-state index in [4.69, 9.17) is 10.5 Å². The van der Waals surface area contributed by atoms with Crippen molar-refractivity contribution in [2.24, 2.45) is 0 Å². The molecule has 18 heavy (non-hydrogen) atoms. The van der Waals surface area contributed by atoms with Gasteiger partial charge in [0.25, 0.3) is 0 Å². The first-order valence-electron chi connectivity index (χ1n) is 5.41. The highest BCUT2D eigenvalue weighted by atomic mass is 16.5. The predicted molar refractivity (Wildman–Crippen MR) is 68.5 cm³/mol. The maximum absolute atomic E-state index is 11.7. The van der Waals surface area contributed by atoms with Crippen LogP contribution < -0.4 is 5.73 Å². The molecule has 5 heteroatoms. The largest absolute Gasteiger partial charge is 0.458 e. The fourth-order valence-corrected chi connectivity index (χ4v) is 1.50. The number of carbonyl (C=O) groups excluding carboxylic acids is 1. The van der Waals surface area contributed by atoms with Crippen LogP contribution >= 0.6 is 0 Å². The first-order chi connectivity index (χ1) is 8.74. The van der Waals surface area contributed by atoms with Gasteiger partial charge in [-0.05, 0) is 12.1 Å². The van der Waals surface area contributed by atoms with Gasteiger partial charge in [0, 0.05) is 0 Å². The summed E-state index contributed by atoms with van der Waals surface area (Å²) in [5.74, 6) is -0.246. The molecular formula is C13H13N3O2. The second-order valence-electron chi connectivity index (χ2n) is 3.58. The highest BCUT2D eigenvalue weighted by molar-refractivity contribution is 5.94. The molecule has 0 fully saturated rings. The second-order valence-corrected chi connectivity index (χ2v) is 3.58. The number of hydrogen-bond acceptors (Lipinski definition) is 4. The van der Waals surface area contributed by atoms with Crippen LogP contribution in [-0.2, 0) is 4.74 Å². The summed E-state index contributed by atoms with van der Waals surface area (Å²) >= 11 is 0. The molecule has 1 aromatic heterocycles. The molecule has 0 spiro atoms. The molecule has 5 nitrogen and oxygen atoms in total. The van der Waals surface area contributed by atoms with Crippen molar-refractivity contribution >= 4 is 11.8 Å². The SMILES string of the molecule is C=CCOC(=O)c1cnn(-c2ccccc2)c1N. The number of ether oxygens (including phenoxy) is 1. The average molecular weight is 243 g/mol. The lowest BCUT2D eigenvalue weighted by Crippen LogP contribution is -2.09. The lowest BCUT2D eigenvalue weighted by Gasteiger charge is -2.04. The lowest BCUT2D eigenvalue weighted by molar-refractivity contribution is 0.0551. The van der Waals surface area contributed by atoms with Gasteiger partial charge < -0.3 is 10.5 Å². The maximum Gasteiger partial charge on any atom is 0.343 e. The third-order valence-electron chi connectivity index (χ3n) is 2.36. The molecular weight excluding hydrogens is 230 g/mol. The Labute approximate surface area is 104 Å². The summed E-state index contributed by atoms with van der Waals surface area (Å²) in [4.78, 5) is 11.7. The van der Waals surface area contributed by atoms with Crippen molar-refractivity contribution < 1.29 is 9.53 Å². The van der Waals surface area contributed by atoms with Gasteiger partial charge in [-0.3, -0.25) is 0 Å². The number of hydrogen-bond donors (Lipinski definition) is 1. The van der Waals surface area contributed by atoms with E-state index in [1.54, 1.807) is 0 Å². The molecule has 0 aliphatic rings. The van der Waals surface area contributed by atoms with Crippen molar-refractivity contribution in [2.75, 3.05) is 12.3 Å². The van der Waals surface area contributed by atoms with Gasteiger partial charge in [0.05, 0.1) is 11.9 Å². The van der Waals surface area contributed by atoms with Gasteiger partial charge in [0.2, 0.25) is 0 Å². The van der Waals surface area contributed by atoms with Crippen LogP contribution in [0.4, 0.5) is 5.82 Å². The Morgan fingerprint density at radius 1 is 1.44 bits per heavy atom. The van der Waals surface area contributed by atoms with E-state index < -0.39 is 5.97 Å². The summed E-state index contributed by atoms with van der Waals surface area (Å²) in [6.07, 6.45) is 2.89. The summed E-state index contributed by atoms with van der Waals surface area (Å²) < 4.78 is 6.41. The number of para-hydroxylation sites is 1. The predicted octanol–water partition coefficient (Wildman–Crippen LogP) is 1.80. The quantitative estimate of drug-likeness (QED) is 0.656. The first kappa shape index (κ1) is 11.9. The number of benzene rings is 1. The molecule has 0 saturated heterocycles. The third kappa shape index (κ3) is 2.24. The van der Waals surface area contributed by atoms with Crippen LogP contribution in [0, 0.1) is 0 Å². The molecule has 2 N–H and O–H groups in total. The Morgan fingerprint density at radius 2 is 2.17 bits per heavy atom. The molecule has 1 aromatic carbocycles. The summed E-state index contributed by atoms with van der Waals surface area (Å²) in [6.45, 7) is 3.62. The number of anilines is 1. The van der Waals surface area contributed by atoms with Gasteiger partial charge >= 0.3 is 5.97 Å². The topological polar surface area (TPSA) is 70.1 Å². The Morgan fingerprint density at radius 3 is 2.83 bits per heavy atom. The molecule has 0 radical (unpaired) electrons. The molecule has 1 heterocycles. The smallest absolute Gasteiger partial charge is 0.343 e. The van der Waals surface area contributed by atoms with E-state index in [-0.39, 0.29) is 18.0 Å². The normalized spacial score (nSPS) is 10.0. The van der Waals surface area contributed by atoms with E-state index >= 15 is 0 Å². The van der Waals surface area contributed by atoms with Crippen LogP contribution in [-0.4, -0.2) is 22.4 Å². The highest BCUT2D eigenvalue weighted by Crippen LogP contribution is 2.17. The summed E-state index contributed by atoms with van der Waals surface area (Å²) in [6, 6.07) is 9.32. The van der Waals surface area contributed by atoms with Crippen molar-refractivity contribution in [3.63, 3.8) is 0 Å². The fraction of sp³-hybridized carbons (Fsp3) is 0.0769. The fourth-order valence-electron chi connectivity index (χ4n) is 1.50. The van der Waals surface area contributed by atoms with Crippen LogP contribution in [0.1, 0.15) is 10.4 Å². The molecule has 0 atom stereocenters. The second kappa shape index (κ2) is 5.18. The number of rotatable bonds is 4. The third-order valence-corrected chi connectivity index (χ3v) is 2.36. The molecule has 2 rings (SSSR count). The molecule has 0 aliphatic carbocycles. The van der Waals surface area contributed by atoms with E-state index in [1.807, 2.05) is 30.3 Å². The number of carbonyl (C=O) groups is 1. The van der Waals surface area contributed by atoms with Crippen LogP contribution in [0.15, 0.2) is 49.2 Å². The minimum absolute atomic E-state index is 0.148. The minimum atomic E-state index is -0.505. The van der Waals surface area contributed by atoms with Crippen LogP contribution in [0.3, 0.4) is 0 Å². The molecule has 0 saturated carbocycles. The van der Waals surface area contributed by atoms with Gasteiger partial charge in [0.15, 0.2) is 0 Å². The van der Waals surface area contributed by atoms with Crippen molar-refractivity contribution in [1.29, 1.82) is 0 Å². The summed E-state index contributed by atoms with van der Waals surface area (Å²) in [5.41, 5.74) is 6.92. The average Bonchev–Trinajstić information content (AvgIpc) is 2.79. The van der Waals surface area contributed by atoms with E-state index in [2.05, 4.69) is 11.7 Å². The van der Waals surface area contributed by atoms with Gasteiger partial charge in [-0.1, -0.05) is 30.9 Å². The van der Waals surface area contributed by atoms with E-state index in [1.165, 1.54) is 17.0 Å². The van der Waals surface area contributed by atoms with E-state index in [0.29, 0.717) is 0 Å². The van der Waals surface area contributed by atoms with Crippen LogP contribution in [0.25, 0.3) is 5.69 Å². The molecule has 2 aromatic rings. The Balaban J connectivity index is 2.29. The zero-order valence-electron chi connectivity index (χ0n) is 9.74. The Bertz CT molecular complexity index is 561. The summed E-state index contributed by atoms with van der Waals surface area (Å²) in [5, 5.41) is 4.08. The number of aromatic nitrogens is 2. The number of nitrogens with zero attached hydrogens (tertiary/aromatic N) is 2. The molecule has 92 valence electrons. The molecule has 0 unspecified atom stereocenters. The standard InChI is InChI=1S/C13H13N3O2/c1-2-8-18-13(17)11-9-15-16(12(11)14)10-6-4-3-5-7-10/h2-7,9H,1,8,14H2. The van der Waals surface area contributed by atoms with Crippen LogP contribution in [0.5, 0.6) is 0 Å². The van der Waals surface area contributed by atoms with Crippen molar-refractivity contribution in [3.8, 4) is 5.69 Å².